The second-order valence-corrected chi connectivity index (χ2v) is 3.43. The van der Waals surface area contributed by atoms with Crippen LogP contribution >= 0.6 is 0 Å². The first-order valence-electron chi connectivity index (χ1n) is 4.93. The molecule has 0 unspecified atom stereocenters. The van der Waals surface area contributed by atoms with Crippen molar-refractivity contribution >= 4 is 18.0 Å². The number of nitrogens with one attached hydrogen (secondary N) is 1. The molecular weight excluding hydrogens is 225 g/mol. The van der Waals surface area contributed by atoms with Crippen LogP contribution in [-0.4, -0.2) is 17.0 Å². The molecule has 0 aliphatic heterocycles. The summed E-state index contributed by atoms with van der Waals surface area (Å²) in [6, 6.07) is 4.19. The Morgan fingerprint density at radius 3 is 2.76 bits per heavy atom. The lowest BCUT2D eigenvalue weighted by atomic mass is 10.1. The third-order valence-electron chi connectivity index (χ3n) is 2.02. The van der Waals surface area contributed by atoms with E-state index in [4.69, 9.17) is 5.11 Å². The third kappa shape index (κ3) is 4.46. The summed E-state index contributed by atoms with van der Waals surface area (Å²) >= 11 is 0. The van der Waals surface area contributed by atoms with Crippen molar-refractivity contribution in [1.82, 2.24) is 5.32 Å². The van der Waals surface area contributed by atoms with Crippen molar-refractivity contribution in [1.29, 1.82) is 0 Å². The maximum Gasteiger partial charge on any atom is 0.328 e. The Hall–Kier alpha value is -2.17. The largest absolute Gasteiger partial charge is 0.478 e. The van der Waals surface area contributed by atoms with Crippen molar-refractivity contribution in [3.63, 3.8) is 0 Å². The summed E-state index contributed by atoms with van der Waals surface area (Å²) in [4.78, 5) is 21.0. The first kappa shape index (κ1) is 12.9. The molecule has 90 valence electrons. The van der Waals surface area contributed by atoms with Crippen LogP contribution in [-0.2, 0) is 16.1 Å². The number of carboxylic acid groups (broad SMARTS) is 1. The van der Waals surface area contributed by atoms with Crippen LogP contribution < -0.4 is 5.32 Å². The second kappa shape index (κ2) is 5.79. The van der Waals surface area contributed by atoms with Gasteiger partial charge in [-0.15, -0.1) is 0 Å². The van der Waals surface area contributed by atoms with Gasteiger partial charge in [-0.2, -0.15) is 0 Å². The Kier molecular flexibility index (Phi) is 4.39. The number of rotatable bonds is 4. The number of aliphatic carboxylic acids is 1. The van der Waals surface area contributed by atoms with E-state index in [1.54, 1.807) is 0 Å². The zero-order chi connectivity index (χ0) is 12.8. The molecule has 4 nitrogen and oxygen atoms in total. The summed E-state index contributed by atoms with van der Waals surface area (Å²) in [5.74, 6) is -1.76. The van der Waals surface area contributed by atoms with E-state index in [1.807, 2.05) is 0 Å². The highest BCUT2D eigenvalue weighted by Gasteiger charge is 2.03. The van der Waals surface area contributed by atoms with Gasteiger partial charge < -0.3 is 10.4 Å². The fraction of sp³-hybridized carbons (Fsp3) is 0.167. The third-order valence-corrected chi connectivity index (χ3v) is 2.02. The SMILES string of the molecule is CC(=O)NCc1cc(C=CC(=O)O)ccc1F. The van der Waals surface area contributed by atoms with Gasteiger partial charge in [-0.1, -0.05) is 6.07 Å². The topological polar surface area (TPSA) is 66.4 Å². The molecule has 0 heterocycles. The molecule has 2 N–H and O–H groups in total. The monoisotopic (exact) mass is 237 g/mol. The fourth-order valence-electron chi connectivity index (χ4n) is 1.22. The van der Waals surface area contributed by atoms with Crippen LogP contribution in [0.4, 0.5) is 4.39 Å². The predicted molar refractivity (Wildman–Crippen MR) is 60.6 cm³/mol. The first-order chi connectivity index (χ1) is 7.99. The van der Waals surface area contributed by atoms with Crippen LogP contribution in [0, 0.1) is 5.82 Å². The number of hydrogen-bond donors (Lipinski definition) is 2. The summed E-state index contributed by atoms with van der Waals surface area (Å²) in [7, 11) is 0. The average Bonchev–Trinajstić information content (AvgIpc) is 2.26. The fourth-order valence-corrected chi connectivity index (χ4v) is 1.22. The number of benzene rings is 1. The lowest BCUT2D eigenvalue weighted by Crippen LogP contribution is -2.19. The van der Waals surface area contributed by atoms with E-state index in [1.165, 1.54) is 31.2 Å². The van der Waals surface area contributed by atoms with Gasteiger partial charge in [-0.25, -0.2) is 9.18 Å². The molecule has 0 aliphatic rings. The normalized spacial score (nSPS) is 10.5. The van der Waals surface area contributed by atoms with Crippen LogP contribution in [0.2, 0.25) is 0 Å². The molecule has 1 aromatic rings. The Labute approximate surface area is 97.8 Å². The average molecular weight is 237 g/mol. The van der Waals surface area contributed by atoms with Crippen molar-refractivity contribution in [3.8, 4) is 0 Å². The van der Waals surface area contributed by atoms with Crippen molar-refractivity contribution < 1.29 is 19.1 Å². The van der Waals surface area contributed by atoms with E-state index in [2.05, 4.69) is 5.32 Å². The van der Waals surface area contributed by atoms with Crippen LogP contribution in [0.15, 0.2) is 24.3 Å². The van der Waals surface area contributed by atoms with E-state index >= 15 is 0 Å². The second-order valence-electron chi connectivity index (χ2n) is 3.43. The summed E-state index contributed by atoms with van der Waals surface area (Å²) in [5.41, 5.74) is 0.877. The van der Waals surface area contributed by atoms with Gasteiger partial charge >= 0.3 is 5.97 Å². The van der Waals surface area contributed by atoms with Gasteiger partial charge in [-0.05, 0) is 23.8 Å². The first-order valence-corrected chi connectivity index (χ1v) is 4.93. The van der Waals surface area contributed by atoms with E-state index in [-0.39, 0.29) is 12.5 Å². The Morgan fingerprint density at radius 2 is 2.18 bits per heavy atom. The van der Waals surface area contributed by atoms with Gasteiger partial charge in [0.15, 0.2) is 0 Å². The molecule has 1 amide bonds. The van der Waals surface area contributed by atoms with Crippen molar-refractivity contribution in [2.45, 2.75) is 13.5 Å². The maximum absolute atomic E-state index is 13.3. The van der Waals surface area contributed by atoms with Gasteiger partial charge in [0.1, 0.15) is 5.82 Å². The molecule has 17 heavy (non-hydrogen) atoms. The van der Waals surface area contributed by atoms with Crippen LogP contribution in [0.5, 0.6) is 0 Å². The number of carbonyl (C=O) groups is 2. The van der Waals surface area contributed by atoms with Gasteiger partial charge in [0.25, 0.3) is 0 Å². The van der Waals surface area contributed by atoms with Crippen molar-refractivity contribution in [2.75, 3.05) is 0 Å². The van der Waals surface area contributed by atoms with E-state index in [9.17, 15) is 14.0 Å². The molecule has 0 aliphatic carbocycles. The molecule has 5 heteroatoms. The van der Waals surface area contributed by atoms with E-state index < -0.39 is 11.8 Å². The number of carbonyl (C=O) groups excluding carboxylic acids is 1. The zero-order valence-corrected chi connectivity index (χ0v) is 9.24. The molecule has 0 bridgehead atoms. The highest BCUT2D eigenvalue weighted by molar-refractivity contribution is 5.85. The molecule has 0 fully saturated rings. The Balaban J connectivity index is 2.86. The summed E-state index contributed by atoms with van der Waals surface area (Å²) in [5, 5.41) is 10.9. The predicted octanol–water partition coefficient (Wildman–Crippen LogP) is 1.56. The van der Waals surface area contributed by atoms with Gasteiger partial charge in [0.05, 0.1) is 0 Å². The number of halogens is 1. The molecule has 0 aromatic heterocycles. The van der Waals surface area contributed by atoms with E-state index in [0.717, 1.165) is 6.08 Å². The highest BCUT2D eigenvalue weighted by Crippen LogP contribution is 2.11. The Bertz CT molecular complexity index is 469. The standard InChI is InChI=1S/C12H12FNO3/c1-8(15)14-7-10-6-9(2-4-11(10)13)3-5-12(16)17/h2-6H,7H2,1H3,(H,14,15)(H,16,17). The molecule has 0 saturated carbocycles. The number of carboxylic acids is 1. The Morgan fingerprint density at radius 1 is 1.47 bits per heavy atom. The summed E-state index contributed by atoms with van der Waals surface area (Å²) in [6.45, 7) is 1.42. The van der Waals surface area contributed by atoms with Crippen molar-refractivity contribution in [2.24, 2.45) is 0 Å². The molecule has 0 saturated heterocycles. The molecule has 0 radical (unpaired) electrons. The lowest BCUT2D eigenvalue weighted by Gasteiger charge is -2.05. The zero-order valence-electron chi connectivity index (χ0n) is 9.24. The molecule has 1 rings (SSSR count). The number of hydrogen-bond acceptors (Lipinski definition) is 2. The molecular formula is C12H12FNO3. The minimum Gasteiger partial charge on any atom is -0.478 e. The molecule has 0 atom stereocenters. The van der Waals surface area contributed by atoms with Crippen LogP contribution in [0.3, 0.4) is 0 Å². The van der Waals surface area contributed by atoms with Crippen LogP contribution in [0.1, 0.15) is 18.1 Å². The smallest absolute Gasteiger partial charge is 0.328 e. The minimum absolute atomic E-state index is 0.0793. The summed E-state index contributed by atoms with van der Waals surface area (Å²) < 4.78 is 13.3. The minimum atomic E-state index is -1.07. The molecule has 1 aromatic carbocycles. The van der Waals surface area contributed by atoms with Gasteiger partial charge in [0, 0.05) is 25.1 Å². The quantitative estimate of drug-likeness (QED) is 0.781. The van der Waals surface area contributed by atoms with Crippen LogP contribution in [0.25, 0.3) is 6.08 Å². The lowest BCUT2D eigenvalue weighted by molar-refractivity contribution is -0.131. The molecule has 0 spiro atoms. The number of amides is 1. The van der Waals surface area contributed by atoms with Gasteiger partial charge in [-0.3, -0.25) is 4.79 Å². The van der Waals surface area contributed by atoms with Gasteiger partial charge in [0.2, 0.25) is 5.91 Å². The summed E-state index contributed by atoms with van der Waals surface area (Å²) in [6.07, 6.45) is 2.33. The maximum atomic E-state index is 13.3. The van der Waals surface area contributed by atoms with E-state index in [0.29, 0.717) is 11.1 Å². The van der Waals surface area contributed by atoms with Crippen molar-refractivity contribution in [3.05, 3.63) is 41.2 Å². The highest BCUT2D eigenvalue weighted by atomic mass is 19.1.